The lowest BCUT2D eigenvalue weighted by Crippen LogP contribution is -2.48. The van der Waals surface area contributed by atoms with Crippen LogP contribution in [0, 0.1) is 29.1 Å². The Kier molecular flexibility index (Phi) is 3.52. The summed E-state index contributed by atoms with van der Waals surface area (Å²) in [6, 6.07) is 0. The van der Waals surface area contributed by atoms with E-state index in [9.17, 15) is 4.79 Å². The Morgan fingerprint density at radius 3 is 2.29 bits per heavy atom. The molecule has 1 amide bonds. The van der Waals surface area contributed by atoms with Crippen molar-refractivity contribution in [1.29, 1.82) is 0 Å². The van der Waals surface area contributed by atoms with Gasteiger partial charge in [0.05, 0.1) is 0 Å². The fraction of sp³-hybridized carbons (Fsp3) is 0.944. The molecule has 1 aliphatic heterocycles. The van der Waals surface area contributed by atoms with Gasteiger partial charge in [0.1, 0.15) is 0 Å². The summed E-state index contributed by atoms with van der Waals surface area (Å²) in [6.45, 7) is 2.72. The van der Waals surface area contributed by atoms with Crippen LogP contribution in [0.4, 0.5) is 0 Å². The summed E-state index contributed by atoms with van der Waals surface area (Å²) in [4.78, 5) is 14.9. The van der Waals surface area contributed by atoms with E-state index >= 15 is 0 Å². The minimum atomic E-state index is 0.401. The first-order valence-corrected chi connectivity index (χ1v) is 9.14. The van der Waals surface area contributed by atoms with E-state index in [1.54, 1.807) is 0 Å². The van der Waals surface area contributed by atoms with Gasteiger partial charge in [0.15, 0.2) is 0 Å². The van der Waals surface area contributed by atoms with Crippen LogP contribution in [0.15, 0.2) is 0 Å². The number of likely N-dealkylation sites (tertiary alicyclic amines) is 1. The summed E-state index contributed by atoms with van der Waals surface area (Å²) < 4.78 is 0. The molecule has 3 nitrogen and oxygen atoms in total. The van der Waals surface area contributed by atoms with Crippen molar-refractivity contribution in [3.63, 3.8) is 0 Å². The highest BCUT2D eigenvalue weighted by Crippen LogP contribution is 2.61. The molecule has 4 saturated carbocycles. The molecule has 1 unspecified atom stereocenters. The lowest BCUT2D eigenvalue weighted by atomic mass is 9.49. The Balaban J connectivity index is 1.39. The Labute approximate surface area is 128 Å². The Morgan fingerprint density at radius 1 is 1.10 bits per heavy atom. The summed E-state index contributed by atoms with van der Waals surface area (Å²) in [5, 5.41) is 0. The fourth-order valence-electron chi connectivity index (χ4n) is 6.47. The molecule has 1 heterocycles. The Bertz CT molecular complexity index is 384. The number of carbonyl (C=O) groups excluding carboxylic acids is 1. The highest BCUT2D eigenvalue weighted by atomic mass is 16.2. The first-order valence-electron chi connectivity index (χ1n) is 9.14. The second kappa shape index (κ2) is 5.26. The van der Waals surface area contributed by atoms with Crippen LogP contribution in [-0.4, -0.2) is 30.4 Å². The third kappa shape index (κ3) is 2.62. The molecule has 5 fully saturated rings. The maximum absolute atomic E-state index is 12.8. The van der Waals surface area contributed by atoms with Crippen LogP contribution >= 0.6 is 0 Å². The predicted molar refractivity (Wildman–Crippen MR) is 83.6 cm³/mol. The zero-order valence-electron chi connectivity index (χ0n) is 13.2. The molecule has 2 N–H and O–H groups in total. The Hall–Kier alpha value is -0.570. The van der Waals surface area contributed by atoms with Gasteiger partial charge in [-0.1, -0.05) is 0 Å². The maximum atomic E-state index is 12.8. The molecule has 0 aromatic rings. The van der Waals surface area contributed by atoms with Crippen LogP contribution in [0.1, 0.15) is 57.8 Å². The van der Waals surface area contributed by atoms with E-state index in [-0.39, 0.29) is 0 Å². The summed E-state index contributed by atoms with van der Waals surface area (Å²) in [6.07, 6.45) is 11.6. The normalized spacial score (nSPS) is 44.5. The second-order valence-corrected chi connectivity index (χ2v) is 8.67. The molecule has 5 rings (SSSR count). The molecular weight excluding hydrogens is 260 g/mol. The highest BCUT2D eigenvalue weighted by Gasteiger charge is 2.51. The van der Waals surface area contributed by atoms with Crippen molar-refractivity contribution in [2.45, 2.75) is 57.8 Å². The lowest BCUT2D eigenvalue weighted by molar-refractivity contribution is -0.138. The Morgan fingerprint density at radius 2 is 1.71 bits per heavy atom. The fourth-order valence-corrected chi connectivity index (χ4v) is 6.47. The molecule has 118 valence electrons. The van der Waals surface area contributed by atoms with Crippen molar-refractivity contribution in [2.24, 2.45) is 34.8 Å². The van der Waals surface area contributed by atoms with Gasteiger partial charge in [0, 0.05) is 19.5 Å². The van der Waals surface area contributed by atoms with Crippen molar-refractivity contribution >= 4 is 5.91 Å². The van der Waals surface area contributed by atoms with E-state index in [4.69, 9.17) is 5.73 Å². The molecule has 1 atom stereocenters. The molecule has 21 heavy (non-hydrogen) atoms. The molecule has 4 bridgehead atoms. The smallest absolute Gasteiger partial charge is 0.223 e. The third-order valence-corrected chi connectivity index (χ3v) is 6.90. The molecule has 0 aromatic carbocycles. The minimum Gasteiger partial charge on any atom is -0.342 e. The average Bonchev–Trinajstić information content (AvgIpc) is 2.85. The zero-order chi connectivity index (χ0) is 14.4. The van der Waals surface area contributed by atoms with Gasteiger partial charge >= 0.3 is 0 Å². The van der Waals surface area contributed by atoms with Gasteiger partial charge in [0.2, 0.25) is 5.91 Å². The molecular formula is C18H30N2O. The number of carbonyl (C=O) groups is 1. The van der Waals surface area contributed by atoms with Crippen molar-refractivity contribution in [3.05, 3.63) is 0 Å². The third-order valence-electron chi connectivity index (χ3n) is 6.90. The van der Waals surface area contributed by atoms with Gasteiger partial charge in [-0.15, -0.1) is 0 Å². The van der Waals surface area contributed by atoms with Crippen LogP contribution in [-0.2, 0) is 4.79 Å². The lowest BCUT2D eigenvalue weighted by Gasteiger charge is -2.56. The molecule has 0 radical (unpaired) electrons. The summed E-state index contributed by atoms with van der Waals surface area (Å²) in [7, 11) is 0. The van der Waals surface area contributed by atoms with E-state index in [0.717, 1.165) is 50.2 Å². The van der Waals surface area contributed by atoms with Gasteiger partial charge in [-0.25, -0.2) is 0 Å². The van der Waals surface area contributed by atoms with Gasteiger partial charge in [-0.3, -0.25) is 4.79 Å². The maximum Gasteiger partial charge on any atom is 0.223 e. The van der Waals surface area contributed by atoms with E-state index in [1.165, 1.54) is 44.9 Å². The van der Waals surface area contributed by atoms with Crippen LogP contribution in [0.2, 0.25) is 0 Å². The summed E-state index contributed by atoms with van der Waals surface area (Å²) in [5.74, 6) is 3.97. The van der Waals surface area contributed by atoms with Crippen molar-refractivity contribution < 1.29 is 4.79 Å². The molecule has 1 saturated heterocycles. The molecule has 0 spiro atoms. The first-order chi connectivity index (χ1) is 10.2. The van der Waals surface area contributed by atoms with Gasteiger partial charge in [0.25, 0.3) is 0 Å². The minimum absolute atomic E-state index is 0.401. The number of hydrogen-bond donors (Lipinski definition) is 1. The molecule has 0 aromatic heterocycles. The number of nitrogens with zero attached hydrogens (tertiary/aromatic N) is 1. The molecule has 3 heteroatoms. The monoisotopic (exact) mass is 290 g/mol. The summed E-state index contributed by atoms with van der Waals surface area (Å²) >= 11 is 0. The number of amides is 1. The quantitative estimate of drug-likeness (QED) is 0.865. The van der Waals surface area contributed by atoms with Crippen molar-refractivity contribution in [2.75, 3.05) is 19.6 Å². The van der Waals surface area contributed by atoms with Crippen LogP contribution in [0.5, 0.6) is 0 Å². The number of nitrogens with two attached hydrogens (primary N) is 1. The van der Waals surface area contributed by atoms with Crippen LogP contribution in [0.3, 0.4) is 0 Å². The van der Waals surface area contributed by atoms with Gasteiger partial charge < -0.3 is 10.6 Å². The van der Waals surface area contributed by atoms with Gasteiger partial charge in [-0.2, -0.15) is 0 Å². The standard InChI is InChI=1S/C18H30N2O/c19-3-1-13-2-4-20(12-13)17(21)11-18-8-14-5-15(9-18)7-16(6-14)10-18/h13-16H,1-12,19H2. The average molecular weight is 290 g/mol. The van der Waals surface area contributed by atoms with E-state index in [0.29, 0.717) is 17.2 Å². The zero-order valence-corrected chi connectivity index (χ0v) is 13.2. The number of rotatable bonds is 4. The second-order valence-electron chi connectivity index (χ2n) is 8.67. The van der Waals surface area contributed by atoms with Crippen LogP contribution in [0.25, 0.3) is 0 Å². The SMILES string of the molecule is NCCC1CCN(C(=O)CC23CC4CC(CC(C4)C2)C3)C1. The first kappa shape index (κ1) is 14.0. The molecule has 5 aliphatic rings. The predicted octanol–water partition coefficient (Wildman–Crippen LogP) is 2.79. The van der Waals surface area contributed by atoms with E-state index in [2.05, 4.69) is 4.90 Å². The van der Waals surface area contributed by atoms with Crippen molar-refractivity contribution in [1.82, 2.24) is 4.90 Å². The summed E-state index contributed by atoms with van der Waals surface area (Å²) in [5.41, 5.74) is 6.06. The molecule has 4 aliphatic carbocycles. The topological polar surface area (TPSA) is 46.3 Å². The van der Waals surface area contributed by atoms with E-state index in [1.807, 2.05) is 0 Å². The largest absolute Gasteiger partial charge is 0.342 e. The van der Waals surface area contributed by atoms with Gasteiger partial charge in [-0.05, 0) is 87.0 Å². The van der Waals surface area contributed by atoms with Crippen LogP contribution < -0.4 is 5.73 Å². The number of hydrogen-bond acceptors (Lipinski definition) is 2. The van der Waals surface area contributed by atoms with E-state index < -0.39 is 0 Å². The van der Waals surface area contributed by atoms with Crippen molar-refractivity contribution in [3.8, 4) is 0 Å². The highest BCUT2D eigenvalue weighted by molar-refractivity contribution is 5.77.